The van der Waals surface area contributed by atoms with Crippen LogP contribution in [-0.4, -0.2) is 103 Å². The fourth-order valence-corrected chi connectivity index (χ4v) is 6.09. The van der Waals surface area contributed by atoms with E-state index in [0.717, 1.165) is 55.8 Å². The molecule has 0 atom stereocenters. The van der Waals surface area contributed by atoms with Crippen LogP contribution in [0.2, 0.25) is 0 Å². The number of aromatic nitrogens is 2. The van der Waals surface area contributed by atoms with Crippen LogP contribution in [0.25, 0.3) is 0 Å². The topological polar surface area (TPSA) is 121 Å². The first-order valence-corrected chi connectivity index (χ1v) is 18.1. The van der Waals surface area contributed by atoms with Gasteiger partial charge in [0.05, 0.1) is 20.1 Å². The fourth-order valence-electron chi connectivity index (χ4n) is 6.09. The van der Waals surface area contributed by atoms with Gasteiger partial charge < -0.3 is 39.5 Å². The van der Waals surface area contributed by atoms with E-state index >= 15 is 4.39 Å². The number of aryl methyl sites for hydroxylation is 2. The summed E-state index contributed by atoms with van der Waals surface area (Å²) in [5.41, 5.74) is 3.64. The van der Waals surface area contributed by atoms with Crippen LogP contribution in [0, 0.1) is 19.7 Å². The molecule has 13 heteroatoms. The Balaban J connectivity index is 1.34. The third-order valence-corrected chi connectivity index (χ3v) is 9.28. The minimum Gasteiger partial charge on any atom is -0.493 e. The Morgan fingerprint density at radius 2 is 1.66 bits per heavy atom. The van der Waals surface area contributed by atoms with Crippen molar-refractivity contribution in [1.82, 2.24) is 24.7 Å². The number of para-hydroxylation sites is 1. The number of nitrogens with zero attached hydrogens (tertiary/aromatic N) is 5. The average Bonchev–Trinajstić information content (AvgIpc) is 3.14. The summed E-state index contributed by atoms with van der Waals surface area (Å²) in [5, 5.41) is 5.98. The van der Waals surface area contributed by atoms with E-state index in [4.69, 9.17) is 14.2 Å². The maximum absolute atomic E-state index is 15.1. The van der Waals surface area contributed by atoms with E-state index in [1.807, 2.05) is 45.9 Å². The van der Waals surface area contributed by atoms with Crippen LogP contribution in [0.4, 0.5) is 21.7 Å². The second-order valence-corrected chi connectivity index (χ2v) is 13.1. The van der Waals surface area contributed by atoms with Crippen molar-refractivity contribution in [3.63, 3.8) is 0 Å². The first-order valence-electron chi connectivity index (χ1n) is 18.1. The Morgan fingerprint density at radius 3 is 2.34 bits per heavy atom. The molecule has 0 bridgehead atoms. The number of nitrogens with one attached hydrogen (secondary N) is 2. The molecule has 1 saturated heterocycles. The Morgan fingerprint density at radius 1 is 0.943 bits per heavy atom. The van der Waals surface area contributed by atoms with Crippen LogP contribution in [0.15, 0.2) is 60.8 Å². The predicted octanol–water partition coefficient (Wildman–Crippen LogP) is 6.46. The number of hydrogen-bond acceptors (Lipinski definition) is 10. The van der Waals surface area contributed by atoms with Crippen molar-refractivity contribution in [2.45, 2.75) is 40.5 Å². The first-order chi connectivity index (χ1) is 25.6. The quantitative estimate of drug-likeness (QED) is 0.125. The summed E-state index contributed by atoms with van der Waals surface area (Å²) >= 11 is 0. The average molecular weight is 728 g/mol. The molecule has 1 aliphatic heterocycles. The van der Waals surface area contributed by atoms with Crippen molar-refractivity contribution in [2.75, 3.05) is 77.2 Å². The van der Waals surface area contributed by atoms with Gasteiger partial charge in [-0.05, 0) is 82.1 Å². The molecule has 1 aliphatic rings. The molecule has 2 amide bonds. The Labute approximate surface area is 311 Å². The maximum atomic E-state index is 15.1. The third kappa shape index (κ3) is 10.4. The molecule has 5 rings (SSSR count). The van der Waals surface area contributed by atoms with E-state index in [1.165, 1.54) is 19.4 Å². The number of hydrogen-bond donors (Lipinski definition) is 2. The maximum Gasteiger partial charge on any atom is 0.262 e. The fraction of sp³-hybridized carbons (Fsp3) is 0.400. The van der Waals surface area contributed by atoms with Gasteiger partial charge in [0.15, 0.2) is 23.1 Å². The van der Waals surface area contributed by atoms with Gasteiger partial charge in [-0.15, -0.1) is 0 Å². The van der Waals surface area contributed by atoms with Crippen LogP contribution in [-0.2, 0) is 11.2 Å². The lowest BCUT2D eigenvalue weighted by Gasteiger charge is -2.32. The number of benzene rings is 3. The highest BCUT2D eigenvalue weighted by atomic mass is 19.1. The molecular weight excluding hydrogens is 677 g/mol. The molecule has 4 aromatic rings. The standard InChI is InChI=1S/C40H50FN7O5/c1-7-48(8-2)36(49)24-29-13-15-34(35(23-29)51-6)53-39-31(38(50)44-37-27(3)11-9-12-28(37)4)26-42-40(45-39)43-30-14-16-33(32(41)25-30)52-22-10-17-47-20-18-46(5)19-21-47/h9,11-16,23,25-26H,7-8,10,17-22,24H2,1-6H3,(H,44,50)(H,42,43,45). The number of carbonyl (C=O) groups excluding carboxylic acids is 2. The lowest BCUT2D eigenvalue weighted by molar-refractivity contribution is -0.130. The number of likely N-dealkylation sites (N-methyl/N-ethyl adjacent to an activating group) is 2. The van der Waals surface area contributed by atoms with Gasteiger partial charge in [-0.2, -0.15) is 4.98 Å². The second-order valence-electron chi connectivity index (χ2n) is 13.1. The summed E-state index contributed by atoms with van der Waals surface area (Å²) in [7, 11) is 3.62. The lowest BCUT2D eigenvalue weighted by atomic mass is 10.1. The van der Waals surface area contributed by atoms with E-state index in [1.54, 1.807) is 35.2 Å². The number of methoxy groups -OCH3 is 1. The van der Waals surface area contributed by atoms with Gasteiger partial charge in [-0.3, -0.25) is 9.59 Å². The highest BCUT2D eigenvalue weighted by molar-refractivity contribution is 6.06. The predicted molar refractivity (Wildman–Crippen MR) is 204 cm³/mol. The van der Waals surface area contributed by atoms with Gasteiger partial charge in [0, 0.05) is 69.5 Å². The van der Waals surface area contributed by atoms with Gasteiger partial charge in [-0.1, -0.05) is 24.3 Å². The zero-order valence-electron chi connectivity index (χ0n) is 31.5. The Hall–Kier alpha value is -5.27. The normalized spacial score (nSPS) is 13.3. The molecule has 0 spiro atoms. The van der Waals surface area contributed by atoms with Crippen molar-refractivity contribution < 1.29 is 28.2 Å². The minimum absolute atomic E-state index is 0.0000554. The van der Waals surface area contributed by atoms with Gasteiger partial charge in [0.1, 0.15) is 5.56 Å². The summed E-state index contributed by atoms with van der Waals surface area (Å²) in [5.74, 6) is -0.208. The number of piperazine rings is 1. The smallest absolute Gasteiger partial charge is 0.262 e. The molecule has 1 fully saturated rings. The zero-order chi connectivity index (χ0) is 37.9. The molecule has 2 heterocycles. The molecule has 0 saturated carbocycles. The first kappa shape index (κ1) is 38.9. The zero-order valence-corrected chi connectivity index (χ0v) is 31.5. The van der Waals surface area contributed by atoms with E-state index in [9.17, 15) is 9.59 Å². The monoisotopic (exact) mass is 727 g/mol. The molecule has 12 nitrogen and oxygen atoms in total. The Bertz CT molecular complexity index is 1860. The van der Waals surface area contributed by atoms with E-state index in [0.29, 0.717) is 36.8 Å². The van der Waals surface area contributed by atoms with Gasteiger partial charge in [0.25, 0.3) is 5.91 Å². The van der Waals surface area contributed by atoms with Crippen molar-refractivity contribution in [3.05, 3.63) is 88.9 Å². The summed E-state index contributed by atoms with van der Waals surface area (Å²) in [6.45, 7) is 14.4. The molecule has 0 aliphatic carbocycles. The van der Waals surface area contributed by atoms with E-state index < -0.39 is 11.7 Å². The summed E-state index contributed by atoms with van der Waals surface area (Å²) in [4.78, 5) is 41.9. The molecule has 2 N–H and O–H groups in total. The number of anilines is 3. The van der Waals surface area contributed by atoms with Crippen molar-refractivity contribution in [2.24, 2.45) is 0 Å². The van der Waals surface area contributed by atoms with E-state index in [2.05, 4.69) is 37.4 Å². The number of ether oxygens (including phenoxy) is 3. The number of carbonyl (C=O) groups is 2. The Kier molecular flexibility index (Phi) is 13.6. The molecule has 1 aromatic heterocycles. The van der Waals surface area contributed by atoms with Crippen LogP contribution >= 0.6 is 0 Å². The van der Waals surface area contributed by atoms with Crippen molar-refractivity contribution in [3.8, 4) is 23.1 Å². The molecule has 3 aromatic carbocycles. The number of rotatable bonds is 16. The molecular formula is C40H50FN7O5. The van der Waals surface area contributed by atoms with Gasteiger partial charge >= 0.3 is 0 Å². The number of halogens is 1. The molecule has 53 heavy (non-hydrogen) atoms. The van der Waals surface area contributed by atoms with Crippen LogP contribution in [0.5, 0.6) is 23.1 Å². The van der Waals surface area contributed by atoms with E-state index in [-0.39, 0.29) is 41.2 Å². The molecule has 282 valence electrons. The third-order valence-electron chi connectivity index (χ3n) is 9.28. The van der Waals surface area contributed by atoms with Crippen LogP contribution < -0.4 is 24.8 Å². The summed E-state index contributed by atoms with van der Waals surface area (Å²) in [6, 6.07) is 15.5. The highest BCUT2D eigenvalue weighted by Crippen LogP contribution is 2.35. The van der Waals surface area contributed by atoms with Crippen LogP contribution in [0.1, 0.15) is 47.3 Å². The second kappa shape index (κ2) is 18.5. The highest BCUT2D eigenvalue weighted by Gasteiger charge is 2.21. The SMILES string of the molecule is CCN(CC)C(=O)Cc1ccc(Oc2nc(Nc3ccc(OCCCN4CCN(C)CC4)c(F)c3)ncc2C(=O)Nc2c(C)cccc2C)c(OC)c1. The van der Waals surface area contributed by atoms with Crippen molar-refractivity contribution in [1.29, 1.82) is 0 Å². The number of amides is 2. The summed E-state index contributed by atoms with van der Waals surface area (Å²) in [6.07, 6.45) is 2.34. The molecule has 0 unspecified atom stereocenters. The van der Waals surface area contributed by atoms with Gasteiger partial charge in [-0.25, -0.2) is 9.37 Å². The molecule has 0 radical (unpaired) electrons. The lowest BCUT2D eigenvalue weighted by Crippen LogP contribution is -2.44. The van der Waals surface area contributed by atoms with Crippen molar-refractivity contribution >= 4 is 29.1 Å². The van der Waals surface area contributed by atoms with Gasteiger partial charge in [0.2, 0.25) is 17.7 Å². The minimum atomic E-state index is -0.528. The van der Waals surface area contributed by atoms with Crippen LogP contribution in [0.3, 0.4) is 0 Å². The largest absolute Gasteiger partial charge is 0.493 e. The summed E-state index contributed by atoms with van der Waals surface area (Å²) < 4.78 is 32.8.